The van der Waals surface area contributed by atoms with Gasteiger partial charge in [-0.25, -0.2) is 9.87 Å². The van der Waals surface area contributed by atoms with Crippen molar-refractivity contribution in [1.82, 2.24) is 5.48 Å². The Balaban J connectivity index is 3.59. The third-order valence-electron chi connectivity index (χ3n) is 0.626. The van der Waals surface area contributed by atoms with E-state index in [1.54, 1.807) is 0 Å². The Bertz CT molecular complexity index is 82.4. The molecular formula is C3H5F4NO. The van der Waals surface area contributed by atoms with Crippen LogP contribution < -0.4 is 5.48 Å². The molecule has 0 amide bonds. The SMILES string of the molecule is ONCC(F)C(F)(F)F. The van der Waals surface area contributed by atoms with E-state index in [9.17, 15) is 17.6 Å². The molecule has 0 aromatic rings. The maximum atomic E-state index is 11.6. The highest BCUT2D eigenvalue weighted by molar-refractivity contribution is 4.65. The van der Waals surface area contributed by atoms with E-state index in [4.69, 9.17) is 5.21 Å². The number of halogens is 4. The summed E-state index contributed by atoms with van der Waals surface area (Å²) in [6.07, 6.45) is -7.88. The van der Waals surface area contributed by atoms with Crippen LogP contribution in [0.4, 0.5) is 17.6 Å². The number of nitrogens with one attached hydrogen (secondary N) is 1. The van der Waals surface area contributed by atoms with E-state index < -0.39 is 18.9 Å². The zero-order chi connectivity index (χ0) is 7.49. The number of hydrogen-bond acceptors (Lipinski definition) is 2. The molecule has 56 valence electrons. The fourth-order valence-electron chi connectivity index (χ4n) is 0.196. The third kappa shape index (κ3) is 3.26. The fourth-order valence-corrected chi connectivity index (χ4v) is 0.196. The Hall–Kier alpha value is -0.360. The molecule has 0 saturated carbocycles. The molecule has 0 aliphatic carbocycles. The molecule has 0 aliphatic rings. The van der Waals surface area contributed by atoms with Gasteiger partial charge in [0, 0.05) is 0 Å². The van der Waals surface area contributed by atoms with Crippen LogP contribution in [0.2, 0.25) is 0 Å². The van der Waals surface area contributed by atoms with Gasteiger partial charge in [0.05, 0.1) is 6.54 Å². The molecule has 0 bridgehead atoms. The minimum atomic E-state index is -4.88. The van der Waals surface area contributed by atoms with Crippen molar-refractivity contribution < 1.29 is 22.8 Å². The molecule has 1 atom stereocenters. The van der Waals surface area contributed by atoms with Crippen molar-refractivity contribution in [3.8, 4) is 0 Å². The molecule has 0 aromatic heterocycles. The summed E-state index contributed by atoms with van der Waals surface area (Å²) in [5, 5.41) is 7.61. The summed E-state index contributed by atoms with van der Waals surface area (Å²) in [5.74, 6) is 0. The number of alkyl halides is 4. The van der Waals surface area contributed by atoms with Crippen molar-refractivity contribution in [2.75, 3.05) is 6.54 Å². The van der Waals surface area contributed by atoms with Crippen LogP contribution in [0.1, 0.15) is 0 Å². The quantitative estimate of drug-likeness (QED) is 0.448. The number of hydrogen-bond donors (Lipinski definition) is 2. The lowest BCUT2D eigenvalue weighted by Gasteiger charge is -2.09. The largest absolute Gasteiger partial charge is 0.421 e. The van der Waals surface area contributed by atoms with Gasteiger partial charge in [-0.2, -0.15) is 13.2 Å². The minimum Gasteiger partial charge on any atom is -0.317 e. The first-order valence-corrected chi connectivity index (χ1v) is 2.06. The first-order valence-electron chi connectivity index (χ1n) is 2.06. The van der Waals surface area contributed by atoms with E-state index in [1.165, 1.54) is 0 Å². The molecule has 9 heavy (non-hydrogen) atoms. The fraction of sp³-hybridized carbons (Fsp3) is 1.00. The van der Waals surface area contributed by atoms with Crippen LogP contribution in [-0.4, -0.2) is 24.1 Å². The summed E-state index contributed by atoms with van der Waals surface area (Å²) in [6.45, 7) is -1.12. The lowest BCUT2D eigenvalue weighted by Crippen LogP contribution is -2.33. The highest BCUT2D eigenvalue weighted by atomic mass is 19.4. The van der Waals surface area contributed by atoms with Crippen LogP contribution in [0.25, 0.3) is 0 Å². The van der Waals surface area contributed by atoms with Gasteiger partial charge in [0.25, 0.3) is 0 Å². The van der Waals surface area contributed by atoms with E-state index >= 15 is 0 Å². The molecule has 0 heterocycles. The van der Waals surface area contributed by atoms with Gasteiger partial charge in [0.15, 0.2) is 0 Å². The predicted octanol–water partition coefficient (Wildman–Crippen LogP) is 0.866. The summed E-state index contributed by atoms with van der Waals surface area (Å²) in [7, 11) is 0. The van der Waals surface area contributed by atoms with Crippen molar-refractivity contribution in [1.29, 1.82) is 0 Å². The average molecular weight is 147 g/mol. The highest BCUT2D eigenvalue weighted by Gasteiger charge is 2.39. The Morgan fingerprint density at radius 1 is 1.44 bits per heavy atom. The molecule has 0 aliphatic heterocycles. The highest BCUT2D eigenvalue weighted by Crippen LogP contribution is 2.21. The van der Waals surface area contributed by atoms with Gasteiger partial charge >= 0.3 is 6.18 Å². The van der Waals surface area contributed by atoms with Gasteiger partial charge < -0.3 is 5.21 Å². The molecule has 0 fully saturated rings. The molecule has 0 spiro atoms. The van der Waals surface area contributed by atoms with Crippen LogP contribution in [0, 0.1) is 0 Å². The third-order valence-corrected chi connectivity index (χ3v) is 0.626. The molecule has 6 heteroatoms. The number of hydroxylamine groups is 1. The molecule has 1 unspecified atom stereocenters. The molecule has 0 rings (SSSR count). The monoisotopic (exact) mass is 147 g/mol. The van der Waals surface area contributed by atoms with Gasteiger partial charge in [-0.1, -0.05) is 0 Å². The van der Waals surface area contributed by atoms with Gasteiger partial charge in [0.2, 0.25) is 6.17 Å². The van der Waals surface area contributed by atoms with Gasteiger partial charge in [-0.3, -0.25) is 0 Å². The predicted molar refractivity (Wildman–Crippen MR) is 20.7 cm³/mol. The molecule has 0 aromatic carbocycles. The van der Waals surface area contributed by atoms with Gasteiger partial charge in [-0.15, -0.1) is 0 Å². The average Bonchev–Trinajstić information content (AvgIpc) is 1.64. The van der Waals surface area contributed by atoms with Gasteiger partial charge in [0.1, 0.15) is 0 Å². The van der Waals surface area contributed by atoms with Crippen LogP contribution >= 0.6 is 0 Å². The summed E-state index contributed by atoms with van der Waals surface area (Å²) in [6, 6.07) is 0. The van der Waals surface area contributed by atoms with Crippen LogP contribution in [0.3, 0.4) is 0 Å². The lowest BCUT2D eigenvalue weighted by molar-refractivity contribution is -0.183. The number of rotatable bonds is 2. The summed E-state index contributed by atoms with van der Waals surface area (Å²) in [5.41, 5.74) is 1.08. The van der Waals surface area contributed by atoms with Crippen LogP contribution in [-0.2, 0) is 0 Å². The zero-order valence-corrected chi connectivity index (χ0v) is 4.24. The van der Waals surface area contributed by atoms with E-state index in [-0.39, 0.29) is 0 Å². The second-order valence-electron chi connectivity index (χ2n) is 1.37. The second-order valence-corrected chi connectivity index (χ2v) is 1.37. The Labute approximate surface area is 48.4 Å². The molecule has 0 radical (unpaired) electrons. The van der Waals surface area contributed by atoms with E-state index in [0.29, 0.717) is 0 Å². The zero-order valence-electron chi connectivity index (χ0n) is 4.24. The van der Waals surface area contributed by atoms with E-state index in [1.807, 2.05) is 0 Å². The van der Waals surface area contributed by atoms with Crippen molar-refractivity contribution >= 4 is 0 Å². The summed E-state index contributed by atoms with van der Waals surface area (Å²) >= 11 is 0. The van der Waals surface area contributed by atoms with E-state index in [2.05, 4.69) is 0 Å². The summed E-state index contributed by atoms with van der Waals surface area (Å²) < 4.78 is 44.9. The molecule has 2 nitrogen and oxygen atoms in total. The Morgan fingerprint density at radius 3 is 2.00 bits per heavy atom. The molecule has 0 saturated heterocycles. The Morgan fingerprint density at radius 2 is 1.89 bits per heavy atom. The van der Waals surface area contributed by atoms with Crippen molar-refractivity contribution in [3.05, 3.63) is 0 Å². The van der Waals surface area contributed by atoms with Crippen molar-refractivity contribution in [3.63, 3.8) is 0 Å². The van der Waals surface area contributed by atoms with Crippen molar-refractivity contribution in [2.45, 2.75) is 12.3 Å². The molecular weight excluding hydrogens is 142 g/mol. The molecule has 2 N–H and O–H groups in total. The summed E-state index contributed by atoms with van der Waals surface area (Å²) in [4.78, 5) is 0. The smallest absolute Gasteiger partial charge is 0.317 e. The van der Waals surface area contributed by atoms with Crippen molar-refractivity contribution in [2.24, 2.45) is 0 Å². The van der Waals surface area contributed by atoms with Gasteiger partial charge in [-0.05, 0) is 0 Å². The van der Waals surface area contributed by atoms with Crippen LogP contribution in [0.15, 0.2) is 0 Å². The minimum absolute atomic E-state index is 1.08. The van der Waals surface area contributed by atoms with Crippen LogP contribution in [0.5, 0.6) is 0 Å². The first kappa shape index (κ1) is 8.64. The first-order chi connectivity index (χ1) is 3.98. The normalized spacial score (nSPS) is 15.7. The Kier molecular flexibility index (Phi) is 2.86. The van der Waals surface area contributed by atoms with E-state index in [0.717, 1.165) is 5.48 Å². The maximum absolute atomic E-state index is 11.6. The lowest BCUT2D eigenvalue weighted by atomic mass is 10.4. The second kappa shape index (κ2) is 2.98. The maximum Gasteiger partial charge on any atom is 0.421 e. The standard InChI is InChI=1S/C3H5F4NO/c4-2(1-8-9)3(5,6)7/h2,8-9H,1H2. The topological polar surface area (TPSA) is 32.3 Å².